The summed E-state index contributed by atoms with van der Waals surface area (Å²) >= 11 is 0. The summed E-state index contributed by atoms with van der Waals surface area (Å²) in [5.41, 5.74) is 0.236. The fourth-order valence-corrected chi connectivity index (χ4v) is 4.29. The molecule has 34 heavy (non-hydrogen) atoms. The van der Waals surface area contributed by atoms with Gasteiger partial charge in [-0.25, -0.2) is 9.37 Å². The first-order valence-electron chi connectivity index (χ1n) is 11.5. The minimum absolute atomic E-state index is 0.0219. The molecule has 1 heterocycles. The van der Waals surface area contributed by atoms with Crippen LogP contribution >= 0.6 is 0 Å². The summed E-state index contributed by atoms with van der Waals surface area (Å²) in [6.45, 7) is 9.46. The molecule has 0 spiro atoms. The van der Waals surface area contributed by atoms with Crippen LogP contribution in [-0.4, -0.2) is 47.6 Å². The highest BCUT2D eigenvalue weighted by molar-refractivity contribution is 5.97. The standard InChI is InChI=1S/C26H35FN2O5/c1-7-18(8-2)22(20-10-9-19(27)13-16(20)3)17(4)34-15-26(5,14-30)29-25(32)23-24(31)21(33-6)11-12-28-23/h9-14,17-18,22,31H,7-8,15H2,1-6H3,(H,29,32)/t17-,22+,26+/m0/s1. The van der Waals surface area contributed by atoms with Gasteiger partial charge in [0.15, 0.2) is 17.2 Å². The van der Waals surface area contributed by atoms with Crippen molar-refractivity contribution in [2.75, 3.05) is 13.7 Å². The molecule has 3 atom stereocenters. The Kier molecular flexibility index (Phi) is 9.55. The molecule has 0 bridgehead atoms. The fourth-order valence-electron chi connectivity index (χ4n) is 4.29. The van der Waals surface area contributed by atoms with E-state index in [2.05, 4.69) is 24.1 Å². The fraction of sp³-hybridized carbons (Fsp3) is 0.500. The number of halogens is 1. The van der Waals surface area contributed by atoms with Gasteiger partial charge < -0.3 is 24.7 Å². The molecule has 2 rings (SSSR count). The molecule has 2 N–H and O–H groups in total. The lowest BCUT2D eigenvalue weighted by Crippen LogP contribution is -2.52. The monoisotopic (exact) mass is 474 g/mol. The Morgan fingerprint density at radius 1 is 1.29 bits per heavy atom. The molecule has 0 unspecified atom stereocenters. The van der Waals surface area contributed by atoms with Crippen molar-refractivity contribution in [3.8, 4) is 11.5 Å². The first-order chi connectivity index (χ1) is 16.1. The highest BCUT2D eigenvalue weighted by Gasteiger charge is 2.33. The molecule has 8 heteroatoms. The van der Waals surface area contributed by atoms with Crippen molar-refractivity contribution in [3.63, 3.8) is 0 Å². The van der Waals surface area contributed by atoms with Crippen LogP contribution in [0.25, 0.3) is 0 Å². The van der Waals surface area contributed by atoms with Gasteiger partial charge in [-0.15, -0.1) is 0 Å². The minimum Gasteiger partial charge on any atom is -0.503 e. The Balaban J connectivity index is 2.22. The van der Waals surface area contributed by atoms with Crippen LogP contribution in [0, 0.1) is 18.7 Å². The molecular weight excluding hydrogens is 439 g/mol. The van der Waals surface area contributed by atoms with Gasteiger partial charge in [-0.2, -0.15) is 0 Å². The van der Waals surface area contributed by atoms with Crippen molar-refractivity contribution in [2.45, 2.75) is 65.0 Å². The second kappa shape index (κ2) is 11.9. The molecule has 0 fully saturated rings. The third-order valence-electron chi connectivity index (χ3n) is 6.28. The number of hydrogen-bond acceptors (Lipinski definition) is 6. The Bertz CT molecular complexity index is 995. The SMILES string of the molecule is CCC(CC)[C@H](c1ccc(F)cc1C)[C@H](C)OC[C@@](C)(C=O)NC(=O)c1nccc(OC)c1O. The summed E-state index contributed by atoms with van der Waals surface area (Å²) < 4.78 is 24.9. The van der Waals surface area contributed by atoms with E-state index in [0.29, 0.717) is 6.29 Å². The predicted molar refractivity (Wildman–Crippen MR) is 128 cm³/mol. The van der Waals surface area contributed by atoms with Crippen molar-refractivity contribution in [2.24, 2.45) is 5.92 Å². The number of rotatable bonds is 12. The summed E-state index contributed by atoms with van der Waals surface area (Å²) in [5.74, 6) is -1.07. The molecule has 0 aliphatic rings. The lowest BCUT2D eigenvalue weighted by atomic mass is 9.78. The molecule has 1 aromatic carbocycles. The zero-order chi connectivity index (χ0) is 25.5. The van der Waals surface area contributed by atoms with Crippen molar-refractivity contribution in [1.29, 1.82) is 0 Å². The molecule has 7 nitrogen and oxygen atoms in total. The van der Waals surface area contributed by atoms with Crippen LogP contribution < -0.4 is 10.1 Å². The molecule has 0 radical (unpaired) electrons. The number of nitrogens with zero attached hydrogens (tertiary/aromatic N) is 1. The van der Waals surface area contributed by atoms with Crippen LogP contribution in [-0.2, 0) is 9.53 Å². The molecule has 1 amide bonds. The number of aryl methyl sites for hydroxylation is 1. The minimum atomic E-state index is -1.36. The first-order valence-corrected chi connectivity index (χ1v) is 11.5. The van der Waals surface area contributed by atoms with Crippen LogP contribution in [0.3, 0.4) is 0 Å². The van der Waals surface area contributed by atoms with E-state index in [1.165, 1.54) is 38.4 Å². The number of ether oxygens (including phenoxy) is 2. The van der Waals surface area contributed by atoms with Gasteiger partial charge in [-0.3, -0.25) is 4.79 Å². The van der Waals surface area contributed by atoms with E-state index in [1.54, 1.807) is 6.07 Å². The smallest absolute Gasteiger partial charge is 0.274 e. The topological polar surface area (TPSA) is 97.8 Å². The van der Waals surface area contributed by atoms with Crippen molar-refractivity contribution >= 4 is 12.2 Å². The van der Waals surface area contributed by atoms with Gasteiger partial charge in [0.05, 0.1) is 19.8 Å². The molecule has 0 aliphatic heterocycles. The lowest BCUT2D eigenvalue weighted by Gasteiger charge is -2.34. The summed E-state index contributed by atoms with van der Waals surface area (Å²) in [7, 11) is 1.36. The zero-order valence-electron chi connectivity index (χ0n) is 20.7. The third kappa shape index (κ3) is 6.32. The number of amides is 1. The maximum absolute atomic E-state index is 13.7. The predicted octanol–water partition coefficient (Wildman–Crippen LogP) is 4.56. The summed E-state index contributed by atoms with van der Waals surface area (Å²) in [4.78, 5) is 28.6. The van der Waals surface area contributed by atoms with Crippen molar-refractivity contribution < 1.29 is 28.6 Å². The van der Waals surface area contributed by atoms with Crippen LogP contribution in [0.15, 0.2) is 30.5 Å². The number of pyridine rings is 1. The Hall–Kier alpha value is -3.00. The molecule has 0 aliphatic carbocycles. The van der Waals surface area contributed by atoms with Gasteiger partial charge in [-0.05, 0) is 49.9 Å². The molecular formula is C26H35FN2O5. The van der Waals surface area contributed by atoms with E-state index >= 15 is 0 Å². The third-order valence-corrected chi connectivity index (χ3v) is 6.28. The van der Waals surface area contributed by atoms with Crippen LogP contribution in [0.4, 0.5) is 4.39 Å². The largest absolute Gasteiger partial charge is 0.503 e. The van der Waals surface area contributed by atoms with Gasteiger partial charge in [0.1, 0.15) is 17.6 Å². The second-order valence-corrected chi connectivity index (χ2v) is 8.82. The quantitative estimate of drug-likeness (QED) is 0.438. The number of benzene rings is 1. The van der Waals surface area contributed by atoms with E-state index in [-0.39, 0.29) is 41.8 Å². The van der Waals surface area contributed by atoms with E-state index in [0.717, 1.165) is 24.0 Å². The average molecular weight is 475 g/mol. The Labute approximate surface area is 200 Å². The number of methoxy groups -OCH3 is 1. The van der Waals surface area contributed by atoms with Crippen molar-refractivity contribution in [3.05, 3.63) is 53.1 Å². The number of hydrogen-bond donors (Lipinski definition) is 2. The van der Waals surface area contributed by atoms with E-state index < -0.39 is 17.2 Å². The maximum Gasteiger partial charge on any atom is 0.274 e. The molecule has 0 saturated heterocycles. The van der Waals surface area contributed by atoms with Gasteiger partial charge in [-0.1, -0.05) is 32.8 Å². The number of carbonyl (C=O) groups excluding carboxylic acids is 2. The van der Waals surface area contributed by atoms with Gasteiger partial charge in [0, 0.05) is 18.2 Å². The first kappa shape index (κ1) is 27.2. The molecule has 1 aromatic heterocycles. The van der Waals surface area contributed by atoms with Gasteiger partial charge >= 0.3 is 0 Å². The maximum atomic E-state index is 13.7. The Morgan fingerprint density at radius 3 is 2.53 bits per heavy atom. The lowest BCUT2D eigenvalue weighted by molar-refractivity contribution is -0.116. The molecule has 2 aromatic rings. The van der Waals surface area contributed by atoms with Crippen LogP contribution in [0.1, 0.15) is 68.1 Å². The van der Waals surface area contributed by atoms with E-state index in [1.807, 2.05) is 13.8 Å². The summed E-state index contributed by atoms with van der Waals surface area (Å²) in [6.07, 6.45) is 3.44. The summed E-state index contributed by atoms with van der Waals surface area (Å²) in [5, 5.41) is 12.8. The molecule has 186 valence electrons. The van der Waals surface area contributed by atoms with Crippen molar-refractivity contribution in [1.82, 2.24) is 10.3 Å². The number of aldehydes is 1. The molecule has 0 saturated carbocycles. The zero-order valence-corrected chi connectivity index (χ0v) is 20.7. The second-order valence-electron chi connectivity index (χ2n) is 8.82. The van der Waals surface area contributed by atoms with Crippen LogP contribution in [0.5, 0.6) is 11.5 Å². The number of aromatic hydroxyl groups is 1. The number of nitrogens with one attached hydrogen (secondary N) is 1. The highest BCUT2D eigenvalue weighted by Crippen LogP contribution is 2.36. The van der Waals surface area contributed by atoms with Gasteiger partial charge in [0.25, 0.3) is 5.91 Å². The Morgan fingerprint density at radius 2 is 1.97 bits per heavy atom. The van der Waals surface area contributed by atoms with E-state index in [4.69, 9.17) is 9.47 Å². The average Bonchev–Trinajstić information content (AvgIpc) is 2.81. The highest BCUT2D eigenvalue weighted by atomic mass is 19.1. The van der Waals surface area contributed by atoms with Gasteiger partial charge in [0.2, 0.25) is 0 Å². The van der Waals surface area contributed by atoms with E-state index in [9.17, 15) is 19.1 Å². The normalized spacial score (nSPS) is 14.8. The number of aromatic nitrogens is 1. The summed E-state index contributed by atoms with van der Waals surface area (Å²) in [6, 6.07) is 6.19. The number of carbonyl (C=O) groups is 2. The van der Waals surface area contributed by atoms with Crippen LogP contribution in [0.2, 0.25) is 0 Å².